The zero-order valence-corrected chi connectivity index (χ0v) is 21.7. The Balaban J connectivity index is 0.00000253. The number of benzene rings is 3. The van der Waals surface area contributed by atoms with Crippen LogP contribution in [0.2, 0.25) is 0 Å². The molecule has 6 aromatic rings. The van der Waals surface area contributed by atoms with Gasteiger partial charge >= 0.3 is 0 Å². The molecule has 3 heterocycles. The van der Waals surface area contributed by atoms with Crippen LogP contribution in [0.5, 0.6) is 17.4 Å². The molecule has 0 unspecified atom stereocenters. The molecule has 35 heavy (non-hydrogen) atoms. The summed E-state index contributed by atoms with van der Waals surface area (Å²) in [4.78, 5) is 9.32. The standard InChI is InChI=1S/C29H22N3O2.Pt/c1-17-13-20-11-12-28(31-29(20)25(33)14-17)34-26-16-24-22(15-18(26)2)21-8-4-5-9-23(21)32(24)27-10-6-7-19(3)30-27;/h4-15,33H,1-3H3;/q-1;. The van der Waals surface area contributed by atoms with Gasteiger partial charge in [0.2, 0.25) is 5.88 Å². The summed E-state index contributed by atoms with van der Waals surface area (Å²) in [6, 6.07) is 27.3. The molecule has 0 fully saturated rings. The fraction of sp³-hybridized carbons (Fsp3) is 0.103. The Morgan fingerprint density at radius 2 is 1.69 bits per heavy atom. The average molecular weight is 640 g/mol. The molecule has 6 rings (SSSR count). The number of hydrogen-bond donors (Lipinski definition) is 1. The van der Waals surface area contributed by atoms with Crippen molar-refractivity contribution in [3.8, 4) is 23.2 Å². The van der Waals surface area contributed by atoms with Crippen molar-refractivity contribution in [2.24, 2.45) is 0 Å². The van der Waals surface area contributed by atoms with Gasteiger partial charge in [-0.2, -0.15) is 6.07 Å². The maximum Gasteiger partial charge on any atom is 0.217 e. The van der Waals surface area contributed by atoms with Crippen LogP contribution in [0, 0.1) is 26.8 Å². The van der Waals surface area contributed by atoms with Crippen molar-refractivity contribution in [1.29, 1.82) is 0 Å². The predicted molar refractivity (Wildman–Crippen MR) is 135 cm³/mol. The number of aromatic nitrogens is 3. The van der Waals surface area contributed by atoms with E-state index in [-0.39, 0.29) is 26.8 Å². The minimum absolute atomic E-state index is 0. The fourth-order valence-electron chi connectivity index (χ4n) is 4.53. The fourth-order valence-corrected chi connectivity index (χ4v) is 4.53. The van der Waals surface area contributed by atoms with E-state index in [0.29, 0.717) is 17.1 Å². The van der Waals surface area contributed by atoms with Crippen molar-refractivity contribution in [3.05, 3.63) is 95.7 Å². The molecule has 0 radical (unpaired) electrons. The van der Waals surface area contributed by atoms with E-state index in [1.165, 1.54) is 0 Å². The van der Waals surface area contributed by atoms with Gasteiger partial charge in [-0.05, 0) is 61.2 Å². The quantitative estimate of drug-likeness (QED) is 0.213. The van der Waals surface area contributed by atoms with Gasteiger partial charge in [0.15, 0.2) is 0 Å². The van der Waals surface area contributed by atoms with Gasteiger partial charge in [0.05, 0.1) is 0 Å². The van der Waals surface area contributed by atoms with Crippen molar-refractivity contribution >= 4 is 32.7 Å². The minimum atomic E-state index is 0. The molecule has 0 atom stereocenters. The molecule has 0 spiro atoms. The van der Waals surface area contributed by atoms with Crippen molar-refractivity contribution < 1.29 is 30.9 Å². The predicted octanol–water partition coefficient (Wildman–Crippen LogP) is 6.95. The number of aryl methyl sites for hydroxylation is 3. The van der Waals surface area contributed by atoms with Gasteiger partial charge in [-0.15, -0.1) is 17.0 Å². The number of rotatable bonds is 3. The van der Waals surface area contributed by atoms with E-state index < -0.39 is 0 Å². The summed E-state index contributed by atoms with van der Waals surface area (Å²) in [7, 11) is 0. The second-order valence-electron chi connectivity index (χ2n) is 8.64. The van der Waals surface area contributed by atoms with E-state index in [1.807, 2.05) is 69.3 Å². The average Bonchev–Trinajstić information content (AvgIpc) is 3.13. The third-order valence-corrected chi connectivity index (χ3v) is 6.07. The molecule has 0 aliphatic heterocycles. The van der Waals surface area contributed by atoms with Crippen LogP contribution in [0.3, 0.4) is 0 Å². The topological polar surface area (TPSA) is 60.2 Å². The summed E-state index contributed by atoms with van der Waals surface area (Å²) in [6.07, 6.45) is 0. The molecule has 5 nitrogen and oxygen atoms in total. The first-order chi connectivity index (χ1) is 16.5. The summed E-state index contributed by atoms with van der Waals surface area (Å²) in [5.41, 5.74) is 5.34. The summed E-state index contributed by atoms with van der Waals surface area (Å²) < 4.78 is 8.33. The van der Waals surface area contributed by atoms with E-state index in [2.05, 4.69) is 33.8 Å². The van der Waals surface area contributed by atoms with Gasteiger partial charge in [-0.3, -0.25) is 0 Å². The van der Waals surface area contributed by atoms with E-state index in [0.717, 1.165) is 49.8 Å². The zero-order valence-electron chi connectivity index (χ0n) is 19.4. The van der Waals surface area contributed by atoms with Crippen LogP contribution in [-0.4, -0.2) is 19.6 Å². The van der Waals surface area contributed by atoms with Crippen molar-refractivity contribution in [2.45, 2.75) is 20.8 Å². The maximum atomic E-state index is 10.4. The van der Waals surface area contributed by atoms with Gasteiger partial charge < -0.3 is 14.4 Å². The molecular formula is C29H22N3O2Pt-. The summed E-state index contributed by atoms with van der Waals surface area (Å²) >= 11 is 0. The van der Waals surface area contributed by atoms with E-state index in [1.54, 1.807) is 6.07 Å². The number of fused-ring (bicyclic) bond motifs is 4. The molecule has 3 aromatic carbocycles. The molecule has 6 heteroatoms. The van der Waals surface area contributed by atoms with Crippen LogP contribution in [0.25, 0.3) is 38.5 Å². The van der Waals surface area contributed by atoms with Crippen LogP contribution >= 0.6 is 0 Å². The molecule has 0 bridgehead atoms. The number of ether oxygens (including phenoxy) is 1. The minimum Gasteiger partial charge on any atom is -0.506 e. The Kier molecular flexibility index (Phi) is 5.82. The first kappa shape index (κ1) is 23.1. The largest absolute Gasteiger partial charge is 0.506 e. The molecule has 0 saturated carbocycles. The van der Waals surface area contributed by atoms with Gasteiger partial charge in [0.1, 0.15) is 17.1 Å². The normalized spacial score (nSPS) is 11.2. The Morgan fingerprint density at radius 1 is 0.857 bits per heavy atom. The van der Waals surface area contributed by atoms with Crippen LogP contribution < -0.4 is 4.74 Å². The number of pyridine rings is 2. The summed E-state index contributed by atoms with van der Waals surface area (Å²) in [6.45, 7) is 5.94. The summed E-state index contributed by atoms with van der Waals surface area (Å²) in [5.74, 6) is 1.97. The third-order valence-electron chi connectivity index (χ3n) is 6.07. The van der Waals surface area contributed by atoms with Crippen LogP contribution in [0.4, 0.5) is 0 Å². The number of hydrogen-bond acceptors (Lipinski definition) is 4. The number of aromatic hydroxyl groups is 1. The Morgan fingerprint density at radius 3 is 2.51 bits per heavy atom. The zero-order chi connectivity index (χ0) is 23.4. The van der Waals surface area contributed by atoms with Crippen LogP contribution in [0.15, 0.2) is 72.8 Å². The van der Waals surface area contributed by atoms with Crippen LogP contribution in [-0.2, 0) is 21.1 Å². The van der Waals surface area contributed by atoms with E-state index in [9.17, 15) is 5.11 Å². The molecule has 0 saturated heterocycles. The van der Waals surface area contributed by atoms with E-state index in [4.69, 9.17) is 9.72 Å². The SMILES string of the molecule is Cc1cc(O)c2nc(Oc3[c-]c4c(cc3C)c3ccccc3n4-c3cccc(C)n3)ccc2c1.[Pt]. The first-order valence-electron chi connectivity index (χ1n) is 11.2. The molecule has 176 valence electrons. The molecular weight excluding hydrogens is 617 g/mol. The molecule has 3 aromatic heterocycles. The van der Waals surface area contributed by atoms with Gasteiger partial charge in [-0.25, -0.2) is 9.97 Å². The van der Waals surface area contributed by atoms with Gasteiger partial charge in [-0.1, -0.05) is 36.7 Å². The first-order valence-corrected chi connectivity index (χ1v) is 11.2. The number of phenols is 1. The van der Waals surface area contributed by atoms with Crippen molar-refractivity contribution in [2.75, 3.05) is 0 Å². The Labute approximate surface area is 217 Å². The Hall–Kier alpha value is -3.69. The maximum absolute atomic E-state index is 10.4. The molecule has 1 N–H and O–H groups in total. The monoisotopic (exact) mass is 639 g/mol. The van der Waals surface area contributed by atoms with Gasteiger partial charge in [0, 0.05) is 49.5 Å². The smallest absolute Gasteiger partial charge is 0.217 e. The third kappa shape index (κ3) is 3.96. The summed E-state index contributed by atoms with van der Waals surface area (Å²) in [5, 5.41) is 13.5. The van der Waals surface area contributed by atoms with E-state index >= 15 is 0 Å². The molecule has 0 amide bonds. The van der Waals surface area contributed by atoms with Gasteiger partial charge in [0.25, 0.3) is 0 Å². The second kappa shape index (κ2) is 8.83. The van der Waals surface area contributed by atoms with Crippen molar-refractivity contribution in [3.63, 3.8) is 0 Å². The van der Waals surface area contributed by atoms with Crippen molar-refractivity contribution in [1.82, 2.24) is 14.5 Å². The number of para-hydroxylation sites is 1. The molecule has 0 aliphatic rings. The molecule has 0 aliphatic carbocycles. The van der Waals surface area contributed by atoms with Crippen LogP contribution in [0.1, 0.15) is 16.8 Å². The Bertz CT molecular complexity index is 1740. The second-order valence-corrected chi connectivity index (χ2v) is 8.64. The number of phenolic OH excluding ortho intramolecular Hbond substituents is 1. The number of nitrogens with zero attached hydrogens (tertiary/aromatic N) is 3.